The molecular formula is C15H18ClNO4S. The van der Waals surface area contributed by atoms with Gasteiger partial charge >= 0.3 is 0 Å². The summed E-state index contributed by atoms with van der Waals surface area (Å²) in [5.41, 5.74) is 1.32. The molecule has 0 saturated carbocycles. The minimum Gasteiger partial charge on any atom is -0.472 e. The van der Waals surface area contributed by atoms with Crippen LogP contribution in [0.4, 0.5) is 0 Å². The van der Waals surface area contributed by atoms with Gasteiger partial charge in [-0.25, -0.2) is 8.42 Å². The van der Waals surface area contributed by atoms with Crippen LogP contribution in [0.5, 0.6) is 0 Å². The second-order valence-electron chi connectivity index (χ2n) is 4.83. The van der Waals surface area contributed by atoms with Gasteiger partial charge in [0.2, 0.25) is 10.0 Å². The van der Waals surface area contributed by atoms with Crippen molar-refractivity contribution in [3.8, 4) is 0 Å². The molecule has 0 saturated heterocycles. The van der Waals surface area contributed by atoms with Gasteiger partial charge in [0.05, 0.1) is 24.0 Å². The maximum atomic E-state index is 12.9. The van der Waals surface area contributed by atoms with Crippen molar-refractivity contribution in [2.24, 2.45) is 0 Å². The Morgan fingerprint density at radius 3 is 2.73 bits per heavy atom. The predicted octanol–water partition coefficient (Wildman–Crippen LogP) is 3.08. The molecule has 0 aliphatic carbocycles. The van der Waals surface area contributed by atoms with Crippen LogP contribution in [0.2, 0.25) is 5.02 Å². The van der Waals surface area contributed by atoms with E-state index in [-0.39, 0.29) is 18.0 Å². The molecule has 0 fully saturated rings. The molecule has 0 unspecified atom stereocenters. The maximum Gasteiger partial charge on any atom is 0.243 e. The fourth-order valence-electron chi connectivity index (χ4n) is 2.07. The molecule has 120 valence electrons. The van der Waals surface area contributed by atoms with Crippen LogP contribution in [0.3, 0.4) is 0 Å². The van der Waals surface area contributed by atoms with Gasteiger partial charge in [0.15, 0.2) is 0 Å². The molecule has 0 radical (unpaired) electrons. The van der Waals surface area contributed by atoms with Crippen LogP contribution in [0, 0.1) is 6.92 Å². The third-order valence-corrected chi connectivity index (χ3v) is 5.72. The van der Waals surface area contributed by atoms with E-state index < -0.39 is 10.0 Å². The highest BCUT2D eigenvalue weighted by molar-refractivity contribution is 7.89. The Hall–Kier alpha value is -1.34. The van der Waals surface area contributed by atoms with E-state index in [4.69, 9.17) is 20.8 Å². The van der Waals surface area contributed by atoms with E-state index in [2.05, 4.69) is 0 Å². The lowest BCUT2D eigenvalue weighted by atomic mass is 10.2. The average molecular weight is 344 g/mol. The summed E-state index contributed by atoms with van der Waals surface area (Å²) in [4.78, 5) is 0.208. The van der Waals surface area contributed by atoms with Crippen molar-refractivity contribution < 1.29 is 17.6 Å². The fraction of sp³-hybridized carbons (Fsp3) is 0.333. The molecule has 0 aliphatic heterocycles. The Bertz CT molecular complexity index is 713. The second-order valence-corrected chi connectivity index (χ2v) is 7.14. The Morgan fingerprint density at radius 1 is 1.32 bits per heavy atom. The number of hydrogen-bond donors (Lipinski definition) is 0. The summed E-state index contributed by atoms with van der Waals surface area (Å²) in [6, 6.07) is 6.60. The topological polar surface area (TPSA) is 59.8 Å². The molecule has 7 heteroatoms. The second kappa shape index (κ2) is 7.28. The molecule has 1 aromatic heterocycles. The Balaban J connectivity index is 2.37. The highest BCUT2D eigenvalue weighted by Gasteiger charge is 2.27. The zero-order chi connectivity index (χ0) is 16.2. The Kier molecular flexibility index (Phi) is 5.63. The summed E-state index contributed by atoms with van der Waals surface area (Å²) < 4.78 is 37.2. The Morgan fingerprint density at radius 2 is 2.09 bits per heavy atom. The lowest BCUT2D eigenvalue weighted by Crippen LogP contribution is -2.33. The van der Waals surface area contributed by atoms with E-state index in [1.165, 1.54) is 23.9 Å². The van der Waals surface area contributed by atoms with Crippen molar-refractivity contribution >= 4 is 21.6 Å². The molecule has 5 nitrogen and oxygen atoms in total. The molecule has 2 rings (SSSR count). The summed E-state index contributed by atoms with van der Waals surface area (Å²) in [5, 5.41) is 0.427. The van der Waals surface area contributed by atoms with Crippen LogP contribution in [0.25, 0.3) is 0 Å². The van der Waals surface area contributed by atoms with Crippen molar-refractivity contribution in [2.45, 2.75) is 18.4 Å². The van der Waals surface area contributed by atoms with Crippen LogP contribution in [0.15, 0.2) is 46.1 Å². The minimum absolute atomic E-state index is 0.208. The minimum atomic E-state index is -3.68. The van der Waals surface area contributed by atoms with Gasteiger partial charge in [0.1, 0.15) is 0 Å². The monoisotopic (exact) mass is 343 g/mol. The molecule has 2 aromatic rings. The zero-order valence-corrected chi connectivity index (χ0v) is 14.0. The molecule has 1 aromatic carbocycles. The molecule has 22 heavy (non-hydrogen) atoms. The molecule has 0 N–H and O–H groups in total. The number of rotatable bonds is 7. The first-order chi connectivity index (χ1) is 10.5. The van der Waals surface area contributed by atoms with E-state index in [1.54, 1.807) is 31.2 Å². The van der Waals surface area contributed by atoms with Crippen LogP contribution in [-0.4, -0.2) is 33.0 Å². The number of furan rings is 1. The summed E-state index contributed by atoms with van der Waals surface area (Å²) in [6.45, 7) is 2.46. The highest BCUT2D eigenvalue weighted by Crippen LogP contribution is 2.26. The molecule has 0 aliphatic rings. The largest absolute Gasteiger partial charge is 0.472 e. The first kappa shape index (κ1) is 17.0. The maximum absolute atomic E-state index is 12.9. The number of hydrogen-bond acceptors (Lipinski definition) is 4. The number of methoxy groups -OCH3 is 1. The normalized spacial score (nSPS) is 12.0. The smallest absolute Gasteiger partial charge is 0.243 e. The van der Waals surface area contributed by atoms with Gasteiger partial charge < -0.3 is 9.15 Å². The molecule has 0 amide bonds. The van der Waals surface area contributed by atoms with Crippen LogP contribution < -0.4 is 0 Å². The van der Waals surface area contributed by atoms with Crippen molar-refractivity contribution in [2.75, 3.05) is 20.3 Å². The zero-order valence-electron chi connectivity index (χ0n) is 12.5. The third kappa shape index (κ3) is 3.70. The van der Waals surface area contributed by atoms with Gasteiger partial charge in [0, 0.05) is 30.8 Å². The first-order valence-electron chi connectivity index (χ1n) is 6.72. The van der Waals surface area contributed by atoms with Gasteiger partial charge in [-0.05, 0) is 30.7 Å². The van der Waals surface area contributed by atoms with Gasteiger partial charge in [-0.1, -0.05) is 17.7 Å². The van der Waals surface area contributed by atoms with Crippen molar-refractivity contribution in [1.29, 1.82) is 0 Å². The molecule has 0 spiro atoms. The number of halogens is 1. The van der Waals surface area contributed by atoms with E-state index in [0.717, 1.165) is 5.56 Å². The van der Waals surface area contributed by atoms with Gasteiger partial charge in [-0.2, -0.15) is 4.31 Å². The highest BCUT2D eigenvalue weighted by atomic mass is 35.5. The lowest BCUT2D eigenvalue weighted by Gasteiger charge is -2.22. The number of ether oxygens (including phenoxy) is 1. The number of nitrogens with zero attached hydrogens (tertiary/aromatic N) is 1. The van der Waals surface area contributed by atoms with Gasteiger partial charge in [0.25, 0.3) is 0 Å². The fourth-order valence-corrected chi connectivity index (χ4v) is 3.96. The summed E-state index contributed by atoms with van der Waals surface area (Å²) in [5.74, 6) is 0. The number of sulfonamides is 1. The quantitative estimate of drug-likeness (QED) is 0.775. The molecule has 0 atom stereocenters. The standard InChI is InChI=1S/C15H18ClNO4S/c1-12-14(16)4-3-5-15(12)22(18,19)17(7-9-20-2)10-13-6-8-21-11-13/h3-6,8,11H,7,9-10H2,1-2H3. The number of benzene rings is 1. The summed E-state index contributed by atoms with van der Waals surface area (Å²) in [7, 11) is -2.14. The average Bonchev–Trinajstić information content (AvgIpc) is 2.99. The van der Waals surface area contributed by atoms with Gasteiger partial charge in [-0.15, -0.1) is 0 Å². The van der Waals surface area contributed by atoms with E-state index in [9.17, 15) is 8.42 Å². The van der Waals surface area contributed by atoms with Crippen LogP contribution in [-0.2, 0) is 21.3 Å². The van der Waals surface area contributed by atoms with E-state index >= 15 is 0 Å². The van der Waals surface area contributed by atoms with Crippen LogP contribution >= 0.6 is 11.6 Å². The molecular weight excluding hydrogens is 326 g/mol. The van der Waals surface area contributed by atoms with Crippen molar-refractivity contribution in [3.63, 3.8) is 0 Å². The lowest BCUT2D eigenvalue weighted by molar-refractivity contribution is 0.177. The molecule has 1 heterocycles. The van der Waals surface area contributed by atoms with E-state index in [0.29, 0.717) is 17.2 Å². The Labute approximate surface area is 135 Å². The molecule has 0 bridgehead atoms. The van der Waals surface area contributed by atoms with Crippen LogP contribution in [0.1, 0.15) is 11.1 Å². The third-order valence-electron chi connectivity index (χ3n) is 3.32. The first-order valence-corrected chi connectivity index (χ1v) is 8.54. The SMILES string of the molecule is COCCN(Cc1ccoc1)S(=O)(=O)c1cccc(Cl)c1C. The van der Waals surface area contributed by atoms with Crippen molar-refractivity contribution in [1.82, 2.24) is 4.31 Å². The van der Waals surface area contributed by atoms with E-state index in [1.807, 2.05) is 0 Å². The summed E-state index contributed by atoms with van der Waals surface area (Å²) >= 11 is 6.05. The predicted molar refractivity (Wildman–Crippen MR) is 84.4 cm³/mol. The summed E-state index contributed by atoms with van der Waals surface area (Å²) in [6.07, 6.45) is 3.04. The van der Waals surface area contributed by atoms with Crippen molar-refractivity contribution in [3.05, 3.63) is 52.9 Å². The van der Waals surface area contributed by atoms with Gasteiger partial charge in [-0.3, -0.25) is 0 Å².